The van der Waals surface area contributed by atoms with E-state index in [9.17, 15) is 4.79 Å². The molecule has 1 aliphatic heterocycles. The monoisotopic (exact) mass is 383 g/mol. The van der Waals surface area contributed by atoms with Gasteiger partial charge in [-0.15, -0.1) is 0 Å². The summed E-state index contributed by atoms with van der Waals surface area (Å²) >= 11 is 0. The van der Waals surface area contributed by atoms with Gasteiger partial charge in [0.15, 0.2) is 11.5 Å². The first kappa shape index (κ1) is 20.0. The summed E-state index contributed by atoms with van der Waals surface area (Å²) in [4.78, 5) is 17.2. The van der Waals surface area contributed by atoms with E-state index in [2.05, 4.69) is 40.4 Å². The average Bonchev–Trinajstić information content (AvgIpc) is 3.07. The molecule has 1 heterocycles. The van der Waals surface area contributed by atoms with E-state index in [4.69, 9.17) is 9.47 Å². The van der Waals surface area contributed by atoms with Gasteiger partial charge in [0.1, 0.15) is 0 Å². The summed E-state index contributed by atoms with van der Waals surface area (Å²) in [6.45, 7) is 1.55. The number of methoxy groups -OCH3 is 2. The van der Waals surface area contributed by atoms with Crippen molar-refractivity contribution in [2.45, 2.75) is 12.5 Å². The van der Waals surface area contributed by atoms with E-state index in [-0.39, 0.29) is 11.9 Å². The zero-order chi connectivity index (χ0) is 20.3. The fourth-order valence-electron chi connectivity index (χ4n) is 3.74. The molecule has 150 valence electrons. The van der Waals surface area contributed by atoms with Gasteiger partial charge in [0.2, 0.25) is 0 Å². The van der Waals surface area contributed by atoms with Gasteiger partial charge < -0.3 is 24.6 Å². The lowest BCUT2D eigenvalue weighted by Gasteiger charge is -2.26. The van der Waals surface area contributed by atoms with Gasteiger partial charge in [-0.25, -0.2) is 0 Å². The number of rotatable bonds is 7. The van der Waals surface area contributed by atoms with Gasteiger partial charge in [-0.1, -0.05) is 18.2 Å². The van der Waals surface area contributed by atoms with E-state index in [1.54, 1.807) is 32.4 Å². The van der Waals surface area contributed by atoms with Crippen molar-refractivity contribution in [3.63, 3.8) is 0 Å². The van der Waals surface area contributed by atoms with Gasteiger partial charge in [-0.3, -0.25) is 4.79 Å². The van der Waals surface area contributed by atoms with Crippen LogP contribution in [0, 0.1) is 0 Å². The van der Waals surface area contributed by atoms with Crippen molar-refractivity contribution in [1.82, 2.24) is 10.2 Å². The minimum atomic E-state index is -0.177. The predicted octanol–water partition coefficient (Wildman–Crippen LogP) is 2.73. The number of hydrogen-bond acceptors (Lipinski definition) is 5. The average molecular weight is 383 g/mol. The number of carbonyl (C=O) groups is 1. The second-order valence-electron chi connectivity index (χ2n) is 7.29. The fourth-order valence-corrected chi connectivity index (χ4v) is 3.74. The summed E-state index contributed by atoms with van der Waals surface area (Å²) in [5.74, 6) is 0.815. The zero-order valence-corrected chi connectivity index (χ0v) is 17.3. The number of anilines is 1. The SMILES string of the molecule is COc1cccc(C(=O)NCC(c2ccc3c(c2)CCN3C)N(C)C)c1OC. The summed E-state index contributed by atoms with van der Waals surface area (Å²) in [5, 5.41) is 3.05. The van der Waals surface area contributed by atoms with E-state index in [0.29, 0.717) is 23.6 Å². The molecule has 3 rings (SSSR count). The number of nitrogens with zero attached hydrogens (tertiary/aromatic N) is 2. The van der Waals surface area contributed by atoms with E-state index in [1.165, 1.54) is 16.8 Å². The van der Waals surface area contributed by atoms with Gasteiger partial charge in [0.25, 0.3) is 5.91 Å². The second-order valence-corrected chi connectivity index (χ2v) is 7.29. The Morgan fingerprint density at radius 2 is 2.00 bits per heavy atom. The summed E-state index contributed by atoms with van der Waals surface area (Å²) in [6, 6.07) is 12.0. The summed E-state index contributed by atoms with van der Waals surface area (Å²) in [6.07, 6.45) is 1.06. The van der Waals surface area contributed by atoms with Crippen LogP contribution in [0.5, 0.6) is 11.5 Å². The smallest absolute Gasteiger partial charge is 0.255 e. The molecule has 1 unspecified atom stereocenters. The molecule has 0 aliphatic carbocycles. The number of likely N-dealkylation sites (N-methyl/N-ethyl adjacent to an activating group) is 2. The number of benzene rings is 2. The number of ether oxygens (including phenoxy) is 2. The molecular formula is C22H29N3O3. The van der Waals surface area contributed by atoms with Crippen LogP contribution in [-0.2, 0) is 6.42 Å². The molecule has 0 saturated heterocycles. The van der Waals surface area contributed by atoms with Crippen molar-refractivity contribution in [2.75, 3.05) is 53.4 Å². The maximum Gasteiger partial charge on any atom is 0.255 e. The van der Waals surface area contributed by atoms with Crippen LogP contribution in [0.1, 0.15) is 27.5 Å². The Hall–Kier alpha value is -2.73. The molecule has 28 heavy (non-hydrogen) atoms. The van der Waals surface area contributed by atoms with Crippen LogP contribution in [0.25, 0.3) is 0 Å². The standard InChI is InChI=1S/C22H29N3O3/c1-24(2)19(15-9-10-18-16(13-15)11-12-25(18)3)14-23-22(26)17-7-6-8-20(27-4)21(17)28-5/h6-10,13,19H,11-12,14H2,1-5H3,(H,23,26). The van der Waals surface area contributed by atoms with Gasteiger partial charge in [-0.2, -0.15) is 0 Å². The van der Waals surface area contributed by atoms with Gasteiger partial charge in [0.05, 0.1) is 25.8 Å². The van der Waals surface area contributed by atoms with Crippen molar-refractivity contribution in [3.8, 4) is 11.5 Å². The second kappa shape index (κ2) is 8.52. The first-order chi connectivity index (χ1) is 13.5. The molecule has 1 amide bonds. The Kier molecular flexibility index (Phi) is 6.09. The Morgan fingerprint density at radius 3 is 2.68 bits per heavy atom. The van der Waals surface area contributed by atoms with Crippen LogP contribution >= 0.6 is 0 Å². The lowest BCUT2D eigenvalue weighted by atomic mass is 10.0. The molecule has 0 saturated carbocycles. The molecule has 1 aliphatic rings. The third-order valence-corrected chi connectivity index (χ3v) is 5.34. The molecule has 6 heteroatoms. The number of fused-ring (bicyclic) bond motifs is 1. The van der Waals surface area contributed by atoms with E-state index in [1.807, 2.05) is 14.1 Å². The first-order valence-corrected chi connectivity index (χ1v) is 9.45. The highest BCUT2D eigenvalue weighted by atomic mass is 16.5. The molecule has 0 bridgehead atoms. The summed E-state index contributed by atoms with van der Waals surface area (Å²) < 4.78 is 10.7. The van der Waals surface area contributed by atoms with Crippen molar-refractivity contribution < 1.29 is 14.3 Å². The van der Waals surface area contributed by atoms with E-state index >= 15 is 0 Å². The molecule has 0 spiro atoms. The Bertz CT molecular complexity index is 851. The molecule has 0 fully saturated rings. The molecule has 6 nitrogen and oxygen atoms in total. The number of hydrogen-bond donors (Lipinski definition) is 1. The van der Waals surface area contributed by atoms with Crippen LogP contribution in [0.3, 0.4) is 0 Å². The van der Waals surface area contributed by atoms with Gasteiger partial charge >= 0.3 is 0 Å². The van der Waals surface area contributed by atoms with E-state index in [0.717, 1.165) is 13.0 Å². The van der Waals surface area contributed by atoms with Crippen LogP contribution in [0.2, 0.25) is 0 Å². The largest absolute Gasteiger partial charge is 0.493 e. The molecule has 2 aromatic rings. The first-order valence-electron chi connectivity index (χ1n) is 9.45. The van der Waals surface area contributed by atoms with Crippen molar-refractivity contribution in [3.05, 3.63) is 53.1 Å². The number of carbonyl (C=O) groups excluding carboxylic acids is 1. The van der Waals surface area contributed by atoms with E-state index < -0.39 is 0 Å². The summed E-state index contributed by atoms with van der Waals surface area (Å²) in [7, 11) is 9.28. The zero-order valence-electron chi connectivity index (χ0n) is 17.3. The quantitative estimate of drug-likeness (QED) is 0.797. The third kappa shape index (κ3) is 3.92. The Labute approximate surface area is 167 Å². The third-order valence-electron chi connectivity index (χ3n) is 5.34. The number of para-hydroxylation sites is 1. The van der Waals surface area contributed by atoms with Crippen molar-refractivity contribution in [1.29, 1.82) is 0 Å². The van der Waals surface area contributed by atoms with Crippen LogP contribution < -0.4 is 19.7 Å². The van der Waals surface area contributed by atoms with Crippen molar-refractivity contribution in [2.24, 2.45) is 0 Å². The number of nitrogens with one attached hydrogen (secondary N) is 1. The highest BCUT2D eigenvalue weighted by molar-refractivity contribution is 5.97. The molecule has 1 atom stereocenters. The molecule has 0 aromatic heterocycles. The lowest BCUT2D eigenvalue weighted by Crippen LogP contribution is -2.34. The van der Waals surface area contributed by atoms with Crippen LogP contribution in [-0.4, -0.2) is 59.3 Å². The van der Waals surface area contributed by atoms with Crippen LogP contribution in [0.15, 0.2) is 36.4 Å². The Morgan fingerprint density at radius 1 is 1.21 bits per heavy atom. The van der Waals surface area contributed by atoms with Crippen molar-refractivity contribution >= 4 is 11.6 Å². The van der Waals surface area contributed by atoms with Crippen LogP contribution in [0.4, 0.5) is 5.69 Å². The maximum absolute atomic E-state index is 12.8. The van der Waals surface area contributed by atoms with Gasteiger partial charge in [-0.05, 0) is 49.8 Å². The number of amides is 1. The normalized spacial score (nSPS) is 14.0. The van der Waals surface area contributed by atoms with Gasteiger partial charge in [0, 0.05) is 25.8 Å². The molecular weight excluding hydrogens is 354 g/mol. The minimum Gasteiger partial charge on any atom is -0.493 e. The topological polar surface area (TPSA) is 54.0 Å². The fraction of sp³-hybridized carbons (Fsp3) is 0.409. The summed E-state index contributed by atoms with van der Waals surface area (Å²) in [5.41, 5.74) is 4.34. The molecule has 0 radical (unpaired) electrons. The lowest BCUT2D eigenvalue weighted by molar-refractivity contribution is 0.0938. The Balaban J connectivity index is 1.77. The predicted molar refractivity (Wildman–Crippen MR) is 112 cm³/mol. The highest BCUT2D eigenvalue weighted by Gasteiger charge is 2.22. The molecule has 1 N–H and O–H groups in total. The molecule has 2 aromatic carbocycles. The highest BCUT2D eigenvalue weighted by Crippen LogP contribution is 2.32. The maximum atomic E-state index is 12.8. The minimum absolute atomic E-state index is 0.0803.